The highest BCUT2D eigenvalue weighted by Gasteiger charge is 2.17. The summed E-state index contributed by atoms with van der Waals surface area (Å²) in [6.07, 6.45) is 0.961. The van der Waals surface area contributed by atoms with Crippen LogP contribution in [0.25, 0.3) is 0 Å². The van der Waals surface area contributed by atoms with Crippen LogP contribution in [0.1, 0.15) is 55.1 Å². The van der Waals surface area contributed by atoms with Crippen LogP contribution < -0.4 is 0 Å². The van der Waals surface area contributed by atoms with Crippen LogP contribution in [0, 0.1) is 6.92 Å². The van der Waals surface area contributed by atoms with E-state index < -0.39 is 0 Å². The molecule has 0 saturated heterocycles. The lowest BCUT2D eigenvalue weighted by Gasteiger charge is -2.20. The summed E-state index contributed by atoms with van der Waals surface area (Å²) in [7, 11) is 0. The van der Waals surface area contributed by atoms with Gasteiger partial charge in [-0.3, -0.25) is 4.79 Å². The molecule has 0 aliphatic rings. The van der Waals surface area contributed by atoms with E-state index in [-0.39, 0.29) is 17.8 Å². The smallest absolute Gasteiger partial charge is 0.163 e. The van der Waals surface area contributed by atoms with E-state index in [1.54, 1.807) is 0 Å². The van der Waals surface area contributed by atoms with Crippen molar-refractivity contribution in [2.24, 2.45) is 0 Å². The monoisotopic (exact) mass is 234 g/mol. The third-order valence-corrected chi connectivity index (χ3v) is 2.97. The van der Waals surface area contributed by atoms with Gasteiger partial charge in [0.25, 0.3) is 0 Å². The third-order valence-electron chi connectivity index (χ3n) is 2.97. The van der Waals surface area contributed by atoms with Gasteiger partial charge in [-0.25, -0.2) is 0 Å². The molecule has 0 spiro atoms. The Kier molecular flexibility index (Phi) is 4.47. The first-order valence-electron chi connectivity index (χ1n) is 6.11. The second-order valence-electron chi connectivity index (χ2n) is 5.53. The molecule has 0 amide bonds. The Hall–Kier alpha value is -1.15. The minimum atomic E-state index is 0.0553. The van der Waals surface area contributed by atoms with E-state index >= 15 is 0 Å². The van der Waals surface area contributed by atoms with Crippen LogP contribution in [0.15, 0.2) is 18.2 Å². The highest BCUT2D eigenvalue weighted by atomic mass is 16.3. The first kappa shape index (κ1) is 13.9. The molecule has 0 aromatic heterocycles. The first-order valence-corrected chi connectivity index (χ1v) is 6.11. The quantitative estimate of drug-likeness (QED) is 0.812. The molecule has 1 aromatic carbocycles. The van der Waals surface area contributed by atoms with E-state index in [2.05, 4.69) is 26.8 Å². The van der Waals surface area contributed by atoms with Crippen molar-refractivity contribution in [1.29, 1.82) is 0 Å². The summed E-state index contributed by atoms with van der Waals surface area (Å²) >= 11 is 0. The molecule has 0 atom stereocenters. The summed E-state index contributed by atoms with van der Waals surface area (Å²) in [4.78, 5) is 12.0. The Morgan fingerprint density at radius 3 is 2.47 bits per heavy atom. The van der Waals surface area contributed by atoms with Crippen molar-refractivity contribution in [2.45, 2.75) is 46.0 Å². The highest BCUT2D eigenvalue weighted by Crippen LogP contribution is 2.25. The topological polar surface area (TPSA) is 37.3 Å². The van der Waals surface area contributed by atoms with E-state index in [0.29, 0.717) is 12.8 Å². The third kappa shape index (κ3) is 3.67. The second-order valence-corrected chi connectivity index (χ2v) is 5.53. The lowest BCUT2D eigenvalue weighted by atomic mass is 9.84. The molecule has 1 aromatic rings. The fourth-order valence-electron chi connectivity index (χ4n) is 1.76. The molecule has 2 nitrogen and oxygen atoms in total. The number of hydrogen-bond donors (Lipinski definition) is 1. The predicted octanol–water partition coefficient (Wildman–Crippen LogP) is 3.25. The largest absolute Gasteiger partial charge is 0.396 e. The molecule has 1 N–H and O–H groups in total. The van der Waals surface area contributed by atoms with Crippen molar-refractivity contribution in [3.05, 3.63) is 34.9 Å². The molecule has 0 aliphatic heterocycles. The molecule has 2 heteroatoms. The molecule has 0 unspecified atom stereocenters. The fraction of sp³-hybridized carbons (Fsp3) is 0.533. The Morgan fingerprint density at radius 2 is 1.94 bits per heavy atom. The number of carbonyl (C=O) groups excluding carboxylic acids is 1. The number of carbonyl (C=O) groups is 1. The zero-order chi connectivity index (χ0) is 13.1. The van der Waals surface area contributed by atoms with Gasteiger partial charge in [0, 0.05) is 18.6 Å². The van der Waals surface area contributed by atoms with E-state index in [0.717, 1.165) is 11.1 Å². The molecule has 0 fully saturated rings. The zero-order valence-electron chi connectivity index (χ0n) is 11.2. The van der Waals surface area contributed by atoms with Crippen molar-refractivity contribution in [3.63, 3.8) is 0 Å². The van der Waals surface area contributed by atoms with Crippen LogP contribution in [0.2, 0.25) is 0 Å². The molecule has 0 saturated carbocycles. The second kappa shape index (κ2) is 5.46. The Balaban J connectivity index is 3.02. The number of hydrogen-bond acceptors (Lipinski definition) is 2. The van der Waals surface area contributed by atoms with Crippen LogP contribution >= 0.6 is 0 Å². The van der Waals surface area contributed by atoms with Crippen LogP contribution in [0.5, 0.6) is 0 Å². The number of benzene rings is 1. The van der Waals surface area contributed by atoms with Crippen molar-refractivity contribution in [1.82, 2.24) is 0 Å². The van der Waals surface area contributed by atoms with Gasteiger partial charge in [0.1, 0.15) is 0 Å². The minimum Gasteiger partial charge on any atom is -0.396 e. The Morgan fingerprint density at radius 1 is 1.29 bits per heavy atom. The molecular weight excluding hydrogens is 212 g/mol. The summed E-state index contributed by atoms with van der Waals surface area (Å²) in [5.41, 5.74) is 3.04. The number of ketones is 1. The summed E-state index contributed by atoms with van der Waals surface area (Å²) in [5, 5.41) is 8.76. The summed E-state index contributed by atoms with van der Waals surface area (Å²) in [6, 6.07) is 6.08. The fourth-order valence-corrected chi connectivity index (χ4v) is 1.76. The van der Waals surface area contributed by atoms with E-state index in [1.807, 2.05) is 19.1 Å². The van der Waals surface area contributed by atoms with Crippen LogP contribution in [-0.2, 0) is 5.41 Å². The van der Waals surface area contributed by atoms with Gasteiger partial charge in [0.05, 0.1) is 0 Å². The van der Waals surface area contributed by atoms with Gasteiger partial charge in [-0.15, -0.1) is 0 Å². The maximum atomic E-state index is 12.0. The van der Waals surface area contributed by atoms with Crippen molar-refractivity contribution >= 4 is 5.78 Å². The molecule has 1 rings (SSSR count). The van der Waals surface area contributed by atoms with Gasteiger partial charge < -0.3 is 5.11 Å². The molecule has 0 bridgehead atoms. The minimum absolute atomic E-state index is 0.0553. The van der Waals surface area contributed by atoms with Gasteiger partial charge in [-0.05, 0) is 36.0 Å². The van der Waals surface area contributed by atoms with Gasteiger partial charge in [0.15, 0.2) is 5.78 Å². The molecule has 0 aliphatic carbocycles. The standard InChI is InChI=1S/C15H22O2/c1-11-7-8-12(15(2,3)4)10-13(11)14(17)6-5-9-16/h7-8,10,16H,5-6,9H2,1-4H3. The molecular formula is C15H22O2. The van der Waals surface area contributed by atoms with Crippen molar-refractivity contribution < 1.29 is 9.90 Å². The highest BCUT2D eigenvalue weighted by molar-refractivity contribution is 5.97. The zero-order valence-corrected chi connectivity index (χ0v) is 11.2. The molecule has 94 valence electrons. The molecule has 0 heterocycles. The molecule has 17 heavy (non-hydrogen) atoms. The van der Waals surface area contributed by atoms with Crippen molar-refractivity contribution in [2.75, 3.05) is 6.61 Å². The number of rotatable bonds is 4. The van der Waals surface area contributed by atoms with E-state index in [1.165, 1.54) is 5.56 Å². The Bertz CT molecular complexity index is 400. The summed E-state index contributed by atoms with van der Waals surface area (Å²) in [6.45, 7) is 8.45. The lowest BCUT2D eigenvalue weighted by Crippen LogP contribution is -2.13. The first-order chi connectivity index (χ1) is 7.86. The Labute approximate surface area is 104 Å². The predicted molar refractivity (Wildman–Crippen MR) is 70.5 cm³/mol. The lowest BCUT2D eigenvalue weighted by molar-refractivity contribution is 0.0970. The summed E-state index contributed by atoms with van der Waals surface area (Å²) in [5.74, 6) is 0.127. The maximum absolute atomic E-state index is 12.0. The number of aliphatic hydroxyl groups is 1. The number of aryl methyl sites for hydroxylation is 1. The van der Waals surface area contributed by atoms with Gasteiger partial charge in [-0.1, -0.05) is 32.9 Å². The summed E-state index contributed by atoms with van der Waals surface area (Å²) < 4.78 is 0. The average Bonchev–Trinajstić information content (AvgIpc) is 2.24. The van der Waals surface area contributed by atoms with Crippen molar-refractivity contribution in [3.8, 4) is 0 Å². The van der Waals surface area contributed by atoms with Gasteiger partial charge in [-0.2, -0.15) is 0 Å². The maximum Gasteiger partial charge on any atom is 0.163 e. The molecule has 0 radical (unpaired) electrons. The van der Waals surface area contributed by atoms with Gasteiger partial charge in [0.2, 0.25) is 0 Å². The van der Waals surface area contributed by atoms with Crippen LogP contribution in [0.4, 0.5) is 0 Å². The van der Waals surface area contributed by atoms with E-state index in [4.69, 9.17) is 5.11 Å². The van der Waals surface area contributed by atoms with Crippen LogP contribution in [0.3, 0.4) is 0 Å². The number of aliphatic hydroxyl groups excluding tert-OH is 1. The average molecular weight is 234 g/mol. The SMILES string of the molecule is Cc1ccc(C(C)(C)C)cc1C(=O)CCCO. The van der Waals surface area contributed by atoms with E-state index in [9.17, 15) is 4.79 Å². The van der Waals surface area contributed by atoms with Crippen LogP contribution in [-0.4, -0.2) is 17.5 Å². The number of Topliss-reactive ketones (excluding diaryl/α,β-unsaturated/α-hetero) is 1. The van der Waals surface area contributed by atoms with Gasteiger partial charge >= 0.3 is 0 Å². The normalized spacial score (nSPS) is 11.6.